The molecule has 0 aliphatic carbocycles. The van der Waals surface area contributed by atoms with Gasteiger partial charge in [-0.05, 0) is 24.3 Å². The average Bonchev–Trinajstić information content (AvgIpc) is 3.32. The molecular formula is C25H25N7O3. The fraction of sp³-hybridized carbons (Fsp3) is 0.280. The van der Waals surface area contributed by atoms with Crippen molar-refractivity contribution >= 4 is 28.2 Å². The zero-order valence-electron chi connectivity index (χ0n) is 19.6. The Kier molecular flexibility index (Phi) is 6.32. The molecule has 0 bridgehead atoms. The number of aromatic nitrogens is 4. The van der Waals surface area contributed by atoms with E-state index in [1.807, 2.05) is 43.6 Å². The van der Waals surface area contributed by atoms with Crippen molar-refractivity contribution in [2.75, 3.05) is 43.6 Å². The number of aryl methyl sites for hydroxylation is 1. The highest BCUT2D eigenvalue weighted by Gasteiger charge is 2.17. The molecule has 5 rings (SSSR count). The number of morpholine rings is 1. The van der Waals surface area contributed by atoms with E-state index in [9.17, 15) is 5.26 Å². The van der Waals surface area contributed by atoms with Gasteiger partial charge in [-0.3, -0.25) is 9.67 Å². The molecule has 1 aliphatic rings. The molecule has 0 spiro atoms. The molecule has 1 aliphatic heterocycles. The highest BCUT2D eigenvalue weighted by molar-refractivity contribution is 5.89. The molecular weight excluding hydrogens is 446 g/mol. The van der Waals surface area contributed by atoms with E-state index in [1.165, 1.54) is 0 Å². The van der Waals surface area contributed by atoms with Crippen LogP contribution in [0.2, 0.25) is 0 Å². The number of benzene rings is 2. The second-order valence-electron chi connectivity index (χ2n) is 8.10. The summed E-state index contributed by atoms with van der Waals surface area (Å²) in [5.74, 6) is 1.93. The molecule has 2 aromatic carbocycles. The summed E-state index contributed by atoms with van der Waals surface area (Å²) < 4.78 is 18.6. The van der Waals surface area contributed by atoms with Crippen molar-refractivity contribution in [2.24, 2.45) is 7.05 Å². The number of nitriles is 1. The number of nitrogens with zero attached hydrogens (tertiary/aromatic N) is 6. The SMILES string of the molecule is COc1cc(Nc2ccc3ncc(N4CCOCC4)nc3c2C#N)ccc1OCc1cnn(C)c1. The molecule has 178 valence electrons. The summed E-state index contributed by atoms with van der Waals surface area (Å²) in [5.41, 5.74) is 4.01. The summed E-state index contributed by atoms with van der Waals surface area (Å²) in [6.07, 6.45) is 5.41. The summed E-state index contributed by atoms with van der Waals surface area (Å²) >= 11 is 0. The van der Waals surface area contributed by atoms with Crippen LogP contribution in [0.1, 0.15) is 11.1 Å². The van der Waals surface area contributed by atoms with Crippen molar-refractivity contribution in [1.29, 1.82) is 5.26 Å². The van der Waals surface area contributed by atoms with Crippen LogP contribution in [0.25, 0.3) is 11.0 Å². The number of hydrogen-bond donors (Lipinski definition) is 1. The van der Waals surface area contributed by atoms with E-state index in [-0.39, 0.29) is 0 Å². The van der Waals surface area contributed by atoms with Crippen LogP contribution >= 0.6 is 0 Å². The van der Waals surface area contributed by atoms with E-state index in [0.717, 1.165) is 30.2 Å². The number of nitrogens with one attached hydrogen (secondary N) is 1. The normalized spacial score (nSPS) is 13.5. The molecule has 1 saturated heterocycles. The van der Waals surface area contributed by atoms with Crippen LogP contribution in [-0.4, -0.2) is 53.2 Å². The second kappa shape index (κ2) is 9.87. The van der Waals surface area contributed by atoms with Gasteiger partial charge in [0.2, 0.25) is 0 Å². The van der Waals surface area contributed by atoms with E-state index >= 15 is 0 Å². The van der Waals surface area contributed by atoms with Gasteiger partial charge < -0.3 is 24.4 Å². The van der Waals surface area contributed by atoms with Crippen molar-refractivity contribution < 1.29 is 14.2 Å². The maximum Gasteiger partial charge on any atom is 0.162 e. The molecule has 0 saturated carbocycles. The van der Waals surface area contributed by atoms with Crippen LogP contribution in [0.3, 0.4) is 0 Å². The fourth-order valence-corrected chi connectivity index (χ4v) is 3.96. The van der Waals surface area contributed by atoms with Crippen LogP contribution in [0.5, 0.6) is 11.5 Å². The lowest BCUT2D eigenvalue weighted by Gasteiger charge is -2.27. The first-order valence-electron chi connectivity index (χ1n) is 11.2. The van der Waals surface area contributed by atoms with E-state index in [4.69, 9.17) is 19.2 Å². The van der Waals surface area contributed by atoms with E-state index < -0.39 is 0 Å². The molecule has 1 N–H and O–H groups in total. The van der Waals surface area contributed by atoms with Crippen LogP contribution in [-0.2, 0) is 18.4 Å². The molecule has 0 unspecified atom stereocenters. The Morgan fingerprint density at radius 2 is 2.00 bits per heavy atom. The third-order valence-corrected chi connectivity index (χ3v) is 5.74. The summed E-state index contributed by atoms with van der Waals surface area (Å²) in [4.78, 5) is 11.4. The zero-order chi connectivity index (χ0) is 24.2. The summed E-state index contributed by atoms with van der Waals surface area (Å²) in [7, 11) is 3.46. The zero-order valence-corrected chi connectivity index (χ0v) is 19.6. The second-order valence-corrected chi connectivity index (χ2v) is 8.10. The van der Waals surface area contributed by atoms with Gasteiger partial charge in [-0.25, -0.2) is 4.98 Å². The van der Waals surface area contributed by atoms with Gasteiger partial charge in [0.15, 0.2) is 11.5 Å². The molecule has 35 heavy (non-hydrogen) atoms. The van der Waals surface area contributed by atoms with E-state index in [2.05, 4.69) is 26.4 Å². The number of fused-ring (bicyclic) bond motifs is 1. The van der Waals surface area contributed by atoms with Gasteiger partial charge in [0.25, 0.3) is 0 Å². The van der Waals surface area contributed by atoms with Gasteiger partial charge in [-0.1, -0.05) is 0 Å². The lowest BCUT2D eigenvalue weighted by molar-refractivity contribution is 0.122. The van der Waals surface area contributed by atoms with Gasteiger partial charge in [0.05, 0.1) is 43.9 Å². The van der Waals surface area contributed by atoms with Crippen molar-refractivity contribution in [3.8, 4) is 17.6 Å². The summed E-state index contributed by atoms with van der Waals surface area (Å²) in [6.45, 7) is 3.17. The van der Waals surface area contributed by atoms with Crippen LogP contribution in [0.4, 0.5) is 17.2 Å². The van der Waals surface area contributed by atoms with Crippen LogP contribution < -0.4 is 19.7 Å². The Bertz CT molecular complexity index is 1390. The highest BCUT2D eigenvalue weighted by atomic mass is 16.5. The smallest absolute Gasteiger partial charge is 0.162 e. The molecule has 1 fully saturated rings. The lowest BCUT2D eigenvalue weighted by Crippen LogP contribution is -2.36. The Hall–Kier alpha value is -4.36. The van der Waals surface area contributed by atoms with Gasteiger partial charge in [0.1, 0.15) is 29.6 Å². The minimum absolute atomic E-state index is 0.379. The Morgan fingerprint density at radius 3 is 2.74 bits per heavy atom. The minimum Gasteiger partial charge on any atom is -0.493 e. The van der Waals surface area contributed by atoms with E-state index in [0.29, 0.717) is 53.6 Å². The summed E-state index contributed by atoms with van der Waals surface area (Å²) in [6, 6.07) is 11.5. The molecule has 4 aromatic rings. The minimum atomic E-state index is 0.379. The molecule has 0 radical (unpaired) electrons. The summed E-state index contributed by atoms with van der Waals surface area (Å²) in [5, 5.41) is 17.5. The first-order chi connectivity index (χ1) is 17.1. The topological polar surface area (TPSA) is 110 Å². The molecule has 10 nitrogen and oxygen atoms in total. The standard InChI is InChI=1S/C25H25N7O3/c1-31-15-17(13-28-31)16-35-22-6-3-18(11-23(22)33-2)29-20-4-5-21-25(19(20)12-26)30-24(14-27-21)32-7-9-34-10-8-32/h3-6,11,13-15,29H,7-10,16H2,1-2H3. The first kappa shape index (κ1) is 22.4. The molecule has 0 amide bonds. The molecule has 2 aromatic heterocycles. The number of methoxy groups -OCH3 is 1. The van der Waals surface area contributed by atoms with Crippen molar-refractivity contribution in [2.45, 2.75) is 6.61 Å². The number of anilines is 3. The Balaban J connectivity index is 1.40. The van der Waals surface area contributed by atoms with Gasteiger partial charge in [-0.2, -0.15) is 10.4 Å². The van der Waals surface area contributed by atoms with Gasteiger partial charge >= 0.3 is 0 Å². The maximum absolute atomic E-state index is 9.98. The van der Waals surface area contributed by atoms with Gasteiger partial charge in [-0.15, -0.1) is 0 Å². The highest BCUT2D eigenvalue weighted by Crippen LogP contribution is 2.34. The first-order valence-corrected chi connectivity index (χ1v) is 11.2. The molecule has 3 heterocycles. The van der Waals surface area contributed by atoms with E-state index in [1.54, 1.807) is 24.2 Å². The van der Waals surface area contributed by atoms with Crippen molar-refractivity contribution in [3.05, 3.63) is 60.0 Å². The van der Waals surface area contributed by atoms with Crippen LogP contribution in [0, 0.1) is 11.3 Å². The lowest BCUT2D eigenvalue weighted by atomic mass is 10.1. The number of hydrogen-bond acceptors (Lipinski definition) is 9. The van der Waals surface area contributed by atoms with Crippen LogP contribution in [0.15, 0.2) is 48.9 Å². The largest absolute Gasteiger partial charge is 0.493 e. The monoisotopic (exact) mass is 471 g/mol. The predicted molar refractivity (Wildman–Crippen MR) is 131 cm³/mol. The van der Waals surface area contributed by atoms with Crippen molar-refractivity contribution in [1.82, 2.24) is 19.7 Å². The maximum atomic E-state index is 9.98. The van der Waals surface area contributed by atoms with Gasteiger partial charge in [0, 0.05) is 43.7 Å². The average molecular weight is 472 g/mol. The number of rotatable bonds is 7. The predicted octanol–water partition coefficient (Wildman–Crippen LogP) is 3.40. The molecule has 10 heteroatoms. The van der Waals surface area contributed by atoms with Crippen molar-refractivity contribution in [3.63, 3.8) is 0 Å². The fourth-order valence-electron chi connectivity index (χ4n) is 3.96. The molecule has 0 atom stereocenters. The number of ether oxygens (including phenoxy) is 3. The Labute approximate surface area is 202 Å². The quantitative estimate of drug-likeness (QED) is 0.433. The Morgan fingerprint density at radius 1 is 1.14 bits per heavy atom. The third-order valence-electron chi connectivity index (χ3n) is 5.74. The third kappa shape index (κ3) is 4.81.